The van der Waals surface area contributed by atoms with Crippen LogP contribution in [0.4, 0.5) is 5.69 Å². The average Bonchev–Trinajstić information content (AvgIpc) is 3.00. The fourth-order valence-corrected chi connectivity index (χ4v) is 2.79. The standard InChI is InChI=1S/C14H12N2O3S/c1-8-16-12-3-2-10(5-13(12)20-8)15-6-11-4-9(7-19-11)14(17)18/h2-5,7,15H,6H2,1H3,(H,17,18). The fourth-order valence-electron chi connectivity index (χ4n) is 1.92. The summed E-state index contributed by atoms with van der Waals surface area (Å²) in [6.45, 7) is 2.42. The van der Waals surface area contributed by atoms with Gasteiger partial charge in [0.15, 0.2) is 0 Å². The third-order valence-electron chi connectivity index (χ3n) is 2.86. The van der Waals surface area contributed by atoms with Crippen LogP contribution in [0.25, 0.3) is 10.2 Å². The number of carboxylic acids is 1. The second-order valence-electron chi connectivity index (χ2n) is 4.38. The summed E-state index contributed by atoms with van der Waals surface area (Å²) in [5.74, 6) is -0.399. The number of fused-ring (bicyclic) bond motifs is 1. The van der Waals surface area contributed by atoms with Crippen LogP contribution in [0.5, 0.6) is 0 Å². The molecule has 1 aromatic carbocycles. The number of anilines is 1. The van der Waals surface area contributed by atoms with E-state index in [1.807, 2.05) is 25.1 Å². The van der Waals surface area contributed by atoms with E-state index in [1.54, 1.807) is 11.3 Å². The number of carbonyl (C=O) groups is 1. The Morgan fingerprint density at radius 3 is 3.05 bits per heavy atom. The van der Waals surface area contributed by atoms with Crippen molar-refractivity contribution >= 4 is 33.2 Å². The molecule has 0 unspecified atom stereocenters. The van der Waals surface area contributed by atoms with Gasteiger partial charge in [0, 0.05) is 5.69 Å². The van der Waals surface area contributed by atoms with Crippen LogP contribution in [0.2, 0.25) is 0 Å². The van der Waals surface area contributed by atoms with Gasteiger partial charge in [-0.3, -0.25) is 0 Å². The summed E-state index contributed by atoms with van der Waals surface area (Å²) in [5, 5.41) is 13.1. The van der Waals surface area contributed by atoms with Crippen LogP contribution in [-0.2, 0) is 6.54 Å². The lowest BCUT2D eigenvalue weighted by Crippen LogP contribution is -1.98. The van der Waals surface area contributed by atoms with E-state index in [1.165, 1.54) is 12.3 Å². The first-order chi connectivity index (χ1) is 9.61. The zero-order valence-electron chi connectivity index (χ0n) is 10.7. The minimum atomic E-state index is -0.985. The summed E-state index contributed by atoms with van der Waals surface area (Å²) in [6, 6.07) is 7.46. The van der Waals surface area contributed by atoms with Crippen molar-refractivity contribution in [1.29, 1.82) is 0 Å². The predicted octanol–water partition coefficient (Wildman–Crippen LogP) is 3.51. The molecule has 0 saturated heterocycles. The summed E-state index contributed by atoms with van der Waals surface area (Å²) in [7, 11) is 0. The number of thiazole rings is 1. The molecule has 0 bridgehead atoms. The normalized spacial score (nSPS) is 10.8. The van der Waals surface area contributed by atoms with E-state index >= 15 is 0 Å². The van der Waals surface area contributed by atoms with Gasteiger partial charge in [0.25, 0.3) is 0 Å². The number of aryl methyl sites for hydroxylation is 1. The maximum Gasteiger partial charge on any atom is 0.338 e. The van der Waals surface area contributed by atoms with Crippen LogP contribution in [0, 0.1) is 6.92 Å². The van der Waals surface area contributed by atoms with Crippen molar-refractivity contribution in [2.45, 2.75) is 13.5 Å². The van der Waals surface area contributed by atoms with Crippen molar-refractivity contribution in [2.24, 2.45) is 0 Å². The second-order valence-corrected chi connectivity index (χ2v) is 5.61. The van der Waals surface area contributed by atoms with E-state index in [9.17, 15) is 4.79 Å². The molecule has 3 rings (SSSR count). The van der Waals surface area contributed by atoms with Gasteiger partial charge in [0.1, 0.15) is 12.0 Å². The van der Waals surface area contributed by atoms with Gasteiger partial charge in [-0.25, -0.2) is 9.78 Å². The largest absolute Gasteiger partial charge is 0.478 e. The van der Waals surface area contributed by atoms with Gasteiger partial charge >= 0.3 is 5.97 Å². The van der Waals surface area contributed by atoms with Crippen molar-refractivity contribution in [1.82, 2.24) is 4.98 Å². The quantitative estimate of drug-likeness (QED) is 0.768. The van der Waals surface area contributed by atoms with E-state index in [0.29, 0.717) is 12.3 Å². The molecule has 2 heterocycles. The number of benzene rings is 1. The van der Waals surface area contributed by atoms with Crippen molar-refractivity contribution in [3.8, 4) is 0 Å². The predicted molar refractivity (Wildman–Crippen MR) is 77.4 cm³/mol. The minimum Gasteiger partial charge on any atom is -0.478 e. The molecule has 6 heteroatoms. The van der Waals surface area contributed by atoms with Crippen molar-refractivity contribution in [3.05, 3.63) is 46.9 Å². The lowest BCUT2D eigenvalue weighted by atomic mass is 10.3. The average molecular weight is 288 g/mol. The number of hydrogen-bond donors (Lipinski definition) is 2. The molecule has 0 aliphatic rings. The molecule has 0 saturated carbocycles. The Labute approximate surface area is 118 Å². The Hall–Kier alpha value is -2.34. The van der Waals surface area contributed by atoms with Crippen LogP contribution in [0.3, 0.4) is 0 Å². The van der Waals surface area contributed by atoms with Crippen LogP contribution >= 0.6 is 11.3 Å². The Morgan fingerprint density at radius 1 is 1.45 bits per heavy atom. The fraction of sp³-hybridized carbons (Fsp3) is 0.143. The van der Waals surface area contributed by atoms with Crippen molar-refractivity contribution in [3.63, 3.8) is 0 Å². The summed E-state index contributed by atoms with van der Waals surface area (Å²) in [6.07, 6.45) is 1.25. The molecule has 0 amide bonds. The van der Waals surface area contributed by atoms with Gasteiger partial charge in [-0.15, -0.1) is 11.3 Å². The highest BCUT2D eigenvalue weighted by Crippen LogP contribution is 2.25. The monoisotopic (exact) mass is 288 g/mol. The molecule has 0 atom stereocenters. The van der Waals surface area contributed by atoms with Gasteiger partial charge in [-0.05, 0) is 31.2 Å². The van der Waals surface area contributed by atoms with Gasteiger partial charge in [0.05, 0.1) is 27.3 Å². The summed E-state index contributed by atoms with van der Waals surface area (Å²) < 4.78 is 6.31. The number of nitrogens with zero attached hydrogens (tertiary/aromatic N) is 1. The molecular weight excluding hydrogens is 276 g/mol. The zero-order valence-corrected chi connectivity index (χ0v) is 11.5. The number of aromatic carboxylic acids is 1. The lowest BCUT2D eigenvalue weighted by molar-refractivity contribution is 0.0696. The van der Waals surface area contributed by atoms with Crippen LogP contribution in [0.1, 0.15) is 21.1 Å². The Morgan fingerprint density at radius 2 is 2.30 bits per heavy atom. The molecule has 0 spiro atoms. The molecule has 0 radical (unpaired) electrons. The first-order valence-electron chi connectivity index (χ1n) is 6.03. The van der Waals surface area contributed by atoms with Crippen LogP contribution in [-0.4, -0.2) is 16.1 Å². The van der Waals surface area contributed by atoms with E-state index in [2.05, 4.69) is 10.3 Å². The number of hydrogen-bond acceptors (Lipinski definition) is 5. The van der Waals surface area contributed by atoms with Gasteiger partial charge in [-0.1, -0.05) is 0 Å². The number of nitrogens with one attached hydrogen (secondary N) is 1. The molecule has 0 aliphatic carbocycles. The molecule has 2 N–H and O–H groups in total. The topological polar surface area (TPSA) is 75.4 Å². The first-order valence-corrected chi connectivity index (χ1v) is 6.85. The molecule has 5 nitrogen and oxygen atoms in total. The number of rotatable bonds is 4. The highest BCUT2D eigenvalue weighted by atomic mass is 32.1. The minimum absolute atomic E-state index is 0.162. The van der Waals surface area contributed by atoms with E-state index in [4.69, 9.17) is 9.52 Å². The third kappa shape index (κ3) is 2.50. The lowest BCUT2D eigenvalue weighted by Gasteiger charge is -2.03. The summed E-state index contributed by atoms with van der Waals surface area (Å²) >= 11 is 1.64. The van der Waals surface area contributed by atoms with Gasteiger partial charge < -0.3 is 14.8 Å². The molecule has 3 aromatic rings. The maximum atomic E-state index is 10.8. The molecule has 2 aromatic heterocycles. The summed E-state index contributed by atoms with van der Waals surface area (Å²) in [5.41, 5.74) is 2.11. The highest BCUT2D eigenvalue weighted by molar-refractivity contribution is 7.18. The number of aromatic nitrogens is 1. The molecule has 0 fully saturated rings. The number of carboxylic acid groups (broad SMARTS) is 1. The van der Waals surface area contributed by atoms with Crippen LogP contribution in [0.15, 0.2) is 34.9 Å². The maximum absolute atomic E-state index is 10.8. The van der Waals surface area contributed by atoms with E-state index < -0.39 is 5.97 Å². The second kappa shape index (κ2) is 4.97. The Kier molecular flexibility index (Phi) is 3.15. The zero-order chi connectivity index (χ0) is 14.1. The Bertz CT molecular complexity index is 776. The molecular formula is C14H12N2O3S. The van der Waals surface area contributed by atoms with Gasteiger partial charge in [-0.2, -0.15) is 0 Å². The summed E-state index contributed by atoms with van der Waals surface area (Å²) in [4.78, 5) is 15.2. The van der Waals surface area contributed by atoms with Crippen LogP contribution < -0.4 is 5.32 Å². The molecule has 0 aliphatic heterocycles. The smallest absolute Gasteiger partial charge is 0.338 e. The number of furan rings is 1. The molecule has 102 valence electrons. The van der Waals surface area contributed by atoms with Crippen molar-refractivity contribution < 1.29 is 14.3 Å². The van der Waals surface area contributed by atoms with Crippen molar-refractivity contribution in [2.75, 3.05) is 5.32 Å². The third-order valence-corrected chi connectivity index (χ3v) is 3.80. The first kappa shape index (κ1) is 12.7. The SMILES string of the molecule is Cc1nc2ccc(NCc3cc(C(=O)O)co3)cc2s1. The molecule has 20 heavy (non-hydrogen) atoms. The van der Waals surface area contributed by atoms with E-state index in [-0.39, 0.29) is 5.56 Å². The van der Waals surface area contributed by atoms with Gasteiger partial charge in [0.2, 0.25) is 0 Å². The van der Waals surface area contributed by atoms with E-state index in [0.717, 1.165) is 20.9 Å². The Balaban J connectivity index is 1.73. The highest BCUT2D eigenvalue weighted by Gasteiger charge is 2.08.